The first kappa shape index (κ1) is 15.8. The van der Waals surface area contributed by atoms with Crippen LogP contribution in [-0.2, 0) is 0 Å². The molecule has 0 bridgehead atoms. The minimum absolute atomic E-state index is 0.0813. The fourth-order valence-corrected chi connectivity index (χ4v) is 3.04. The summed E-state index contributed by atoms with van der Waals surface area (Å²) in [6.07, 6.45) is 2.08. The van der Waals surface area contributed by atoms with E-state index in [0.717, 1.165) is 19.4 Å². The Morgan fingerprint density at radius 3 is 2.67 bits per heavy atom. The number of aromatic nitrogens is 2. The van der Waals surface area contributed by atoms with Crippen molar-refractivity contribution in [2.24, 2.45) is 11.7 Å². The molecule has 2 atom stereocenters. The second-order valence-electron chi connectivity index (χ2n) is 6.23. The van der Waals surface area contributed by atoms with Crippen molar-refractivity contribution in [3.63, 3.8) is 0 Å². The predicted molar refractivity (Wildman–Crippen MR) is 82.6 cm³/mol. The Hall–Kier alpha value is -1.63. The molecule has 2 N–H and O–H groups in total. The maximum absolute atomic E-state index is 11.5. The number of nitro groups is 1. The van der Waals surface area contributed by atoms with E-state index in [1.54, 1.807) is 11.6 Å². The third-order valence-electron chi connectivity index (χ3n) is 4.29. The van der Waals surface area contributed by atoms with Crippen molar-refractivity contribution in [2.45, 2.75) is 52.6 Å². The van der Waals surface area contributed by atoms with Crippen LogP contribution in [0.2, 0.25) is 0 Å². The van der Waals surface area contributed by atoms with E-state index in [1.807, 2.05) is 13.8 Å². The molecule has 1 fully saturated rings. The Balaban J connectivity index is 2.51. The average Bonchev–Trinajstić information content (AvgIpc) is 2.77. The van der Waals surface area contributed by atoms with Crippen molar-refractivity contribution in [1.82, 2.24) is 9.78 Å². The second kappa shape index (κ2) is 6.01. The zero-order valence-corrected chi connectivity index (χ0v) is 13.2. The van der Waals surface area contributed by atoms with Gasteiger partial charge in [0.2, 0.25) is 5.82 Å². The molecule has 1 aromatic rings. The summed E-state index contributed by atoms with van der Waals surface area (Å²) in [5.41, 5.74) is 6.42. The van der Waals surface area contributed by atoms with Gasteiger partial charge in [-0.3, -0.25) is 10.1 Å². The molecule has 2 unspecified atom stereocenters. The van der Waals surface area contributed by atoms with Gasteiger partial charge in [-0.2, -0.15) is 5.10 Å². The zero-order valence-electron chi connectivity index (χ0n) is 13.2. The van der Waals surface area contributed by atoms with Gasteiger partial charge in [0.1, 0.15) is 5.69 Å². The molecule has 2 heterocycles. The van der Waals surface area contributed by atoms with Gasteiger partial charge in [-0.1, -0.05) is 0 Å². The highest BCUT2D eigenvalue weighted by Gasteiger charge is 2.35. The maximum atomic E-state index is 11.5. The Kier molecular flexibility index (Phi) is 4.51. The van der Waals surface area contributed by atoms with Crippen LogP contribution < -0.4 is 10.6 Å². The summed E-state index contributed by atoms with van der Waals surface area (Å²) in [6, 6.07) is 0.345. The molecule has 21 heavy (non-hydrogen) atoms. The van der Waals surface area contributed by atoms with Crippen molar-refractivity contribution >= 4 is 11.5 Å². The van der Waals surface area contributed by atoms with Crippen LogP contribution in [0.1, 0.15) is 45.3 Å². The van der Waals surface area contributed by atoms with Crippen LogP contribution in [0.15, 0.2) is 0 Å². The molecule has 0 amide bonds. The first-order valence-corrected chi connectivity index (χ1v) is 7.57. The van der Waals surface area contributed by atoms with Gasteiger partial charge >= 0.3 is 5.69 Å². The molecule has 1 saturated heterocycles. The van der Waals surface area contributed by atoms with Crippen molar-refractivity contribution < 1.29 is 4.92 Å². The zero-order chi connectivity index (χ0) is 15.7. The van der Waals surface area contributed by atoms with E-state index in [9.17, 15) is 10.1 Å². The average molecular weight is 295 g/mol. The van der Waals surface area contributed by atoms with Crippen LogP contribution in [-0.4, -0.2) is 33.8 Å². The Morgan fingerprint density at radius 1 is 1.48 bits per heavy atom. The van der Waals surface area contributed by atoms with E-state index in [1.165, 1.54) is 0 Å². The number of hydrogen-bond donors (Lipinski definition) is 1. The summed E-state index contributed by atoms with van der Waals surface area (Å²) < 4.78 is 1.78. The van der Waals surface area contributed by atoms with Gasteiger partial charge in [0.15, 0.2) is 0 Å². The predicted octanol–water partition coefficient (Wildman–Crippen LogP) is 2.24. The molecule has 7 heteroatoms. The second-order valence-corrected chi connectivity index (χ2v) is 6.23. The fourth-order valence-electron chi connectivity index (χ4n) is 3.04. The van der Waals surface area contributed by atoms with E-state index in [2.05, 4.69) is 16.9 Å². The van der Waals surface area contributed by atoms with E-state index in [4.69, 9.17) is 5.73 Å². The first-order valence-electron chi connectivity index (χ1n) is 7.57. The smallest absolute Gasteiger partial charge is 0.333 e. The van der Waals surface area contributed by atoms with E-state index in [-0.39, 0.29) is 22.7 Å². The number of rotatable bonds is 4. The van der Waals surface area contributed by atoms with Gasteiger partial charge in [-0.05, 0) is 53.0 Å². The summed E-state index contributed by atoms with van der Waals surface area (Å²) in [4.78, 5) is 13.3. The SMILES string of the molecule is Cc1nn(C(C)C)c(N2CC(CN)CCC2C)c1[N+](=O)[O-]. The number of nitrogens with zero attached hydrogens (tertiary/aromatic N) is 4. The third-order valence-corrected chi connectivity index (χ3v) is 4.29. The lowest BCUT2D eigenvalue weighted by Crippen LogP contribution is -2.45. The highest BCUT2D eigenvalue weighted by molar-refractivity contribution is 5.62. The molecule has 1 aliphatic rings. The molecule has 7 nitrogen and oxygen atoms in total. The van der Waals surface area contributed by atoms with E-state index in [0.29, 0.717) is 24.0 Å². The highest BCUT2D eigenvalue weighted by Crippen LogP contribution is 2.37. The number of piperidine rings is 1. The molecule has 0 spiro atoms. The largest absolute Gasteiger partial charge is 0.348 e. The third kappa shape index (κ3) is 2.88. The molecule has 2 rings (SSSR count). The Bertz CT molecular complexity index is 526. The topological polar surface area (TPSA) is 90.2 Å². The minimum atomic E-state index is -0.310. The van der Waals surface area contributed by atoms with Crippen molar-refractivity contribution in [2.75, 3.05) is 18.0 Å². The van der Waals surface area contributed by atoms with Crippen LogP contribution >= 0.6 is 0 Å². The van der Waals surface area contributed by atoms with Crippen molar-refractivity contribution in [3.05, 3.63) is 15.8 Å². The Morgan fingerprint density at radius 2 is 2.14 bits per heavy atom. The number of anilines is 1. The van der Waals surface area contributed by atoms with Gasteiger partial charge in [-0.25, -0.2) is 4.68 Å². The minimum Gasteiger partial charge on any atom is -0.348 e. The highest BCUT2D eigenvalue weighted by atomic mass is 16.6. The van der Waals surface area contributed by atoms with Gasteiger partial charge in [0.25, 0.3) is 0 Å². The van der Waals surface area contributed by atoms with Crippen LogP contribution in [0.5, 0.6) is 0 Å². The molecule has 1 aromatic heterocycles. The van der Waals surface area contributed by atoms with Gasteiger partial charge in [0, 0.05) is 18.6 Å². The summed E-state index contributed by atoms with van der Waals surface area (Å²) in [5, 5.41) is 15.9. The van der Waals surface area contributed by atoms with Gasteiger partial charge in [-0.15, -0.1) is 0 Å². The molecule has 0 radical (unpaired) electrons. The summed E-state index contributed by atoms with van der Waals surface area (Å²) in [6.45, 7) is 9.19. The molecule has 0 aromatic carbocycles. The molecule has 1 aliphatic heterocycles. The summed E-state index contributed by atoms with van der Waals surface area (Å²) in [7, 11) is 0. The van der Waals surface area contributed by atoms with E-state index >= 15 is 0 Å². The van der Waals surface area contributed by atoms with Crippen molar-refractivity contribution in [1.29, 1.82) is 0 Å². The Labute approximate surface area is 125 Å². The summed E-state index contributed by atoms with van der Waals surface area (Å²) in [5.74, 6) is 1.02. The fraction of sp³-hybridized carbons (Fsp3) is 0.786. The van der Waals surface area contributed by atoms with Crippen molar-refractivity contribution in [3.8, 4) is 0 Å². The normalized spacial score (nSPS) is 22.9. The number of aryl methyl sites for hydroxylation is 1. The van der Waals surface area contributed by atoms with Crippen LogP contribution in [0.3, 0.4) is 0 Å². The monoisotopic (exact) mass is 295 g/mol. The molecular formula is C14H25N5O2. The lowest BCUT2D eigenvalue weighted by atomic mass is 9.93. The van der Waals surface area contributed by atoms with Crippen LogP contribution in [0.25, 0.3) is 0 Å². The van der Waals surface area contributed by atoms with E-state index < -0.39 is 0 Å². The number of nitrogens with two attached hydrogens (primary N) is 1. The molecule has 0 aliphatic carbocycles. The van der Waals surface area contributed by atoms with Gasteiger partial charge in [0.05, 0.1) is 4.92 Å². The first-order chi connectivity index (χ1) is 9.86. The molecule has 118 valence electrons. The standard InChI is InChI=1S/C14H25N5O2/c1-9(2)18-14(13(19(20)21)11(4)16-18)17-8-12(7-15)6-5-10(17)3/h9-10,12H,5-8,15H2,1-4H3. The molecular weight excluding hydrogens is 270 g/mol. The lowest BCUT2D eigenvalue weighted by molar-refractivity contribution is -0.384. The number of hydrogen-bond acceptors (Lipinski definition) is 5. The summed E-state index contributed by atoms with van der Waals surface area (Å²) >= 11 is 0. The molecule has 0 saturated carbocycles. The maximum Gasteiger partial charge on any atom is 0.333 e. The quantitative estimate of drug-likeness (QED) is 0.679. The van der Waals surface area contributed by atoms with Crippen LogP contribution in [0, 0.1) is 23.0 Å². The van der Waals surface area contributed by atoms with Crippen LogP contribution in [0.4, 0.5) is 11.5 Å². The lowest BCUT2D eigenvalue weighted by Gasteiger charge is -2.39. The van der Waals surface area contributed by atoms with Gasteiger partial charge < -0.3 is 10.6 Å².